The Morgan fingerprint density at radius 1 is 0.962 bits per heavy atom. The first-order chi connectivity index (χ1) is 12.6. The second kappa shape index (κ2) is 6.34. The zero-order valence-electron chi connectivity index (χ0n) is 15.6. The molecule has 0 saturated heterocycles. The van der Waals surface area contributed by atoms with Crippen LogP contribution in [-0.2, 0) is 7.05 Å². The highest BCUT2D eigenvalue weighted by Gasteiger charge is 2.24. The Balaban J connectivity index is 2.19. The van der Waals surface area contributed by atoms with E-state index in [0.29, 0.717) is 0 Å². The molecular formula is C23H22N3+. The maximum Gasteiger partial charge on any atom is 0.222 e. The van der Waals surface area contributed by atoms with Gasteiger partial charge in [-0.2, -0.15) is 4.57 Å². The topological polar surface area (TPSA) is 29.7 Å². The van der Waals surface area contributed by atoms with Gasteiger partial charge in [0.05, 0.1) is 16.8 Å². The minimum atomic E-state index is 0.945. The van der Waals surface area contributed by atoms with Gasteiger partial charge in [0.2, 0.25) is 5.69 Å². The van der Waals surface area contributed by atoms with Crippen LogP contribution in [0.3, 0.4) is 0 Å². The van der Waals surface area contributed by atoms with Crippen LogP contribution in [0.4, 0.5) is 0 Å². The van der Waals surface area contributed by atoms with Crippen LogP contribution in [-0.4, -0.2) is 9.97 Å². The van der Waals surface area contributed by atoms with Crippen molar-refractivity contribution < 1.29 is 4.57 Å². The molecule has 0 radical (unpaired) electrons. The minimum Gasteiger partial charge on any atom is -0.245 e. The van der Waals surface area contributed by atoms with Crippen molar-refractivity contribution in [3.8, 4) is 22.5 Å². The zero-order valence-corrected chi connectivity index (χ0v) is 15.6. The van der Waals surface area contributed by atoms with Crippen LogP contribution < -0.4 is 4.57 Å². The summed E-state index contributed by atoms with van der Waals surface area (Å²) in [6.07, 6.45) is 5.63. The van der Waals surface area contributed by atoms with Gasteiger partial charge in [-0.3, -0.25) is 0 Å². The number of benzene rings is 2. The molecule has 3 heteroatoms. The van der Waals surface area contributed by atoms with Crippen LogP contribution in [0, 0.1) is 20.8 Å². The van der Waals surface area contributed by atoms with E-state index < -0.39 is 0 Å². The molecule has 0 bridgehead atoms. The van der Waals surface area contributed by atoms with E-state index in [1.165, 1.54) is 38.7 Å². The zero-order chi connectivity index (χ0) is 18.3. The van der Waals surface area contributed by atoms with Gasteiger partial charge in [-0.25, -0.2) is 9.97 Å². The first-order valence-electron chi connectivity index (χ1n) is 8.82. The molecule has 0 saturated carbocycles. The maximum absolute atomic E-state index is 4.58. The standard InChI is InChI=1S/C23H22N3/c1-15-11-16(2)17(3)20(12-15)23-22(21-9-10-24-14-25-21)19-8-6-5-7-18(19)13-26(23)4/h5-14H,1-4H3/q+1. The fourth-order valence-electron chi connectivity index (χ4n) is 3.72. The first-order valence-corrected chi connectivity index (χ1v) is 8.82. The van der Waals surface area contributed by atoms with Crippen molar-refractivity contribution in [3.63, 3.8) is 0 Å². The fourth-order valence-corrected chi connectivity index (χ4v) is 3.72. The summed E-state index contributed by atoms with van der Waals surface area (Å²) in [7, 11) is 2.11. The second-order valence-corrected chi connectivity index (χ2v) is 6.90. The molecule has 2 aromatic carbocycles. The third kappa shape index (κ3) is 2.66. The quantitative estimate of drug-likeness (QED) is 0.495. The lowest BCUT2D eigenvalue weighted by molar-refractivity contribution is -0.658. The van der Waals surface area contributed by atoms with Gasteiger partial charge in [0.15, 0.2) is 6.20 Å². The highest BCUT2D eigenvalue weighted by Crippen LogP contribution is 2.36. The Labute approximate surface area is 154 Å². The van der Waals surface area contributed by atoms with Crippen LogP contribution in [0.5, 0.6) is 0 Å². The van der Waals surface area contributed by atoms with Gasteiger partial charge in [-0.15, -0.1) is 0 Å². The summed E-state index contributed by atoms with van der Waals surface area (Å²) in [5.74, 6) is 0. The molecule has 0 atom stereocenters. The van der Waals surface area contributed by atoms with E-state index in [1.54, 1.807) is 6.33 Å². The lowest BCUT2D eigenvalue weighted by Gasteiger charge is -2.14. The van der Waals surface area contributed by atoms with Gasteiger partial charge in [0, 0.05) is 17.0 Å². The number of fused-ring (bicyclic) bond motifs is 1. The van der Waals surface area contributed by atoms with Crippen LogP contribution in [0.25, 0.3) is 33.3 Å². The molecule has 0 spiro atoms. The number of aromatic nitrogens is 3. The first kappa shape index (κ1) is 16.4. The fraction of sp³-hybridized carbons (Fsp3) is 0.174. The lowest BCUT2D eigenvalue weighted by atomic mass is 9.91. The van der Waals surface area contributed by atoms with E-state index >= 15 is 0 Å². The van der Waals surface area contributed by atoms with Crippen LogP contribution in [0.15, 0.2) is 61.2 Å². The Morgan fingerprint density at radius 3 is 2.54 bits per heavy atom. The summed E-state index contributed by atoms with van der Waals surface area (Å²) in [4.78, 5) is 8.68. The molecule has 0 N–H and O–H groups in total. The molecule has 128 valence electrons. The molecule has 0 amide bonds. The van der Waals surface area contributed by atoms with Crippen LogP contribution in [0.2, 0.25) is 0 Å². The molecule has 26 heavy (non-hydrogen) atoms. The van der Waals surface area contributed by atoms with Crippen molar-refractivity contribution in [2.75, 3.05) is 0 Å². The highest BCUT2D eigenvalue weighted by atomic mass is 14.9. The average Bonchev–Trinajstić information content (AvgIpc) is 2.64. The lowest BCUT2D eigenvalue weighted by Crippen LogP contribution is -2.32. The van der Waals surface area contributed by atoms with Gasteiger partial charge in [-0.1, -0.05) is 29.8 Å². The molecule has 0 aliphatic rings. The number of aryl methyl sites for hydroxylation is 3. The number of hydrogen-bond acceptors (Lipinski definition) is 2. The minimum absolute atomic E-state index is 0.945. The SMILES string of the molecule is Cc1cc(C)c(C)c(-c2c(-c3ccncn3)c3ccccc3c[n+]2C)c1. The van der Waals surface area contributed by atoms with Gasteiger partial charge in [-0.05, 0) is 50.1 Å². The summed E-state index contributed by atoms with van der Waals surface area (Å²) >= 11 is 0. The summed E-state index contributed by atoms with van der Waals surface area (Å²) < 4.78 is 2.22. The highest BCUT2D eigenvalue weighted by molar-refractivity contribution is 6.00. The van der Waals surface area contributed by atoms with Crippen LogP contribution >= 0.6 is 0 Å². The molecule has 3 nitrogen and oxygen atoms in total. The van der Waals surface area contributed by atoms with E-state index in [2.05, 4.69) is 84.9 Å². The summed E-state index contributed by atoms with van der Waals surface area (Å²) in [5.41, 5.74) is 8.42. The van der Waals surface area contributed by atoms with E-state index in [0.717, 1.165) is 11.3 Å². The Bertz CT molecular complexity index is 1120. The molecule has 0 aliphatic carbocycles. The van der Waals surface area contributed by atoms with E-state index in [-0.39, 0.29) is 0 Å². The summed E-state index contributed by atoms with van der Waals surface area (Å²) in [5, 5.41) is 2.41. The smallest absolute Gasteiger partial charge is 0.222 e. The van der Waals surface area contributed by atoms with Gasteiger partial charge >= 0.3 is 0 Å². The molecule has 4 rings (SSSR count). The predicted octanol–water partition coefficient (Wildman–Crippen LogP) is 4.71. The monoisotopic (exact) mass is 340 g/mol. The number of nitrogens with zero attached hydrogens (tertiary/aromatic N) is 3. The van der Waals surface area contributed by atoms with Gasteiger partial charge in [0.25, 0.3) is 0 Å². The second-order valence-electron chi connectivity index (χ2n) is 6.90. The predicted molar refractivity (Wildman–Crippen MR) is 106 cm³/mol. The molecular weight excluding hydrogens is 318 g/mol. The maximum atomic E-state index is 4.58. The normalized spacial score (nSPS) is 11.1. The average molecular weight is 340 g/mol. The van der Waals surface area contributed by atoms with Crippen molar-refractivity contribution in [2.45, 2.75) is 20.8 Å². The van der Waals surface area contributed by atoms with E-state index in [9.17, 15) is 0 Å². The van der Waals surface area contributed by atoms with Gasteiger partial charge in [0.1, 0.15) is 13.4 Å². The summed E-state index contributed by atoms with van der Waals surface area (Å²) in [6, 6.07) is 15.0. The number of rotatable bonds is 2. The van der Waals surface area contributed by atoms with Crippen molar-refractivity contribution in [2.24, 2.45) is 7.05 Å². The van der Waals surface area contributed by atoms with Crippen molar-refractivity contribution in [1.29, 1.82) is 0 Å². The van der Waals surface area contributed by atoms with E-state index in [1.807, 2.05) is 12.3 Å². The number of pyridine rings is 1. The third-order valence-electron chi connectivity index (χ3n) is 5.06. The van der Waals surface area contributed by atoms with Crippen molar-refractivity contribution in [1.82, 2.24) is 9.97 Å². The molecule has 0 aliphatic heterocycles. The Kier molecular flexibility index (Phi) is 4.00. The summed E-state index contributed by atoms with van der Waals surface area (Å²) in [6.45, 7) is 6.53. The third-order valence-corrected chi connectivity index (χ3v) is 5.06. The molecule has 4 aromatic rings. The molecule has 2 heterocycles. The van der Waals surface area contributed by atoms with Crippen molar-refractivity contribution in [3.05, 3.63) is 77.9 Å². The Morgan fingerprint density at radius 2 is 1.77 bits per heavy atom. The Hall–Kier alpha value is -3.07. The largest absolute Gasteiger partial charge is 0.245 e. The number of hydrogen-bond donors (Lipinski definition) is 0. The van der Waals surface area contributed by atoms with Gasteiger partial charge < -0.3 is 0 Å². The van der Waals surface area contributed by atoms with Crippen LogP contribution in [0.1, 0.15) is 16.7 Å². The molecule has 0 unspecified atom stereocenters. The van der Waals surface area contributed by atoms with E-state index in [4.69, 9.17) is 0 Å². The van der Waals surface area contributed by atoms with Crippen molar-refractivity contribution >= 4 is 10.8 Å². The molecule has 0 fully saturated rings. The molecule has 2 aromatic heterocycles.